The van der Waals surface area contributed by atoms with Gasteiger partial charge in [-0.3, -0.25) is 0 Å². The largest absolute Gasteiger partial charge is 0.311 e. The van der Waals surface area contributed by atoms with Gasteiger partial charge in [-0.05, 0) is 308 Å². The molecule has 0 amide bonds. The van der Waals surface area contributed by atoms with Gasteiger partial charge in [-0.25, -0.2) is 0 Å². The van der Waals surface area contributed by atoms with Gasteiger partial charge in [-0.15, -0.1) is 0 Å². The quantitative estimate of drug-likeness (QED) is 0.0956. The third-order valence-corrected chi connectivity index (χ3v) is 29.8. The topological polar surface area (TPSA) is 26.2 Å². The molecule has 6 nitrogen and oxygen atoms in total. The molecule has 0 bridgehead atoms. The van der Waals surface area contributed by atoms with Crippen LogP contribution in [-0.2, 0) is 0 Å². The summed E-state index contributed by atoms with van der Waals surface area (Å²) < 4.78 is 9.82. The Bertz CT molecular complexity index is 9980. The van der Waals surface area contributed by atoms with E-state index in [4.69, 9.17) is 0 Å². The maximum Gasteiger partial charge on any atom is 0.0542 e. The normalized spacial score (nSPS) is 11.8. The van der Waals surface area contributed by atoms with Crippen molar-refractivity contribution >= 4 is 186 Å². The van der Waals surface area contributed by atoms with Crippen LogP contribution >= 0.6 is 0 Å². The molecule has 25 aromatic carbocycles. The van der Waals surface area contributed by atoms with Gasteiger partial charge in [0.05, 0.1) is 44.1 Å². The second kappa shape index (κ2) is 34.5. The molecular formula is C138H90N6. The fourth-order valence-electron chi connectivity index (χ4n) is 23.1. The van der Waals surface area contributed by atoms with Gasteiger partial charge in [-0.1, -0.05) is 358 Å². The predicted molar refractivity (Wildman–Crippen MR) is 612 cm³/mol. The van der Waals surface area contributed by atoms with Crippen LogP contribution in [0.3, 0.4) is 0 Å². The van der Waals surface area contributed by atoms with E-state index in [0.29, 0.717) is 0 Å². The minimum Gasteiger partial charge on any atom is -0.311 e. The van der Waals surface area contributed by atoms with E-state index in [1.807, 2.05) is 0 Å². The number of fused-ring (bicyclic) bond motifs is 24. The molecule has 0 atom stereocenters. The summed E-state index contributed by atoms with van der Waals surface area (Å²) in [4.78, 5) is 4.67. The molecule has 4 aromatic heterocycles. The van der Waals surface area contributed by atoms with Gasteiger partial charge >= 0.3 is 0 Å². The molecule has 6 heteroatoms. The third-order valence-electron chi connectivity index (χ3n) is 29.8. The number of para-hydroxylation sites is 5. The van der Waals surface area contributed by atoms with Crippen LogP contribution in [0.4, 0.5) is 34.1 Å². The van der Waals surface area contributed by atoms with E-state index in [-0.39, 0.29) is 0 Å². The molecule has 0 aliphatic heterocycles. The second-order valence-electron chi connectivity index (χ2n) is 37.8. The Balaban J connectivity index is 0.000000141. The average Bonchev–Trinajstić information content (AvgIpc) is 1.56. The number of aromatic nitrogens is 4. The lowest BCUT2D eigenvalue weighted by molar-refractivity contribution is 1.17. The average molecular weight is 1830 g/mol. The molecule has 0 aliphatic carbocycles. The van der Waals surface area contributed by atoms with Crippen LogP contribution in [0.25, 0.3) is 230 Å². The summed E-state index contributed by atoms with van der Waals surface area (Å²) in [5, 5.41) is 25.1. The first-order chi connectivity index (χ1) is 71.4. The van der Waals surface area contributed by atoms with Crippen molar-refractivity contribution in [1.82, 2.24) is 18.3 Å². The summed E-state index contributed by atoms with van der Waals surface area (Å²) in [5.41, 5.74) is 32.5. The highest BCUT2D eigenvalue weighted by molar-refractivity contribution is 6.28. The van der Waals surface area contributed by atoms with Gasteiger partial charge in [0.15, 0.2) is 0 Å². The molecule has 0 fully saturated rings. The van der Waals surface area contributed by atoms with Crippen molar-refractivity contribution in [3.63, 3.8) is 0 Å². The SMILES string of the molecule is c1ccc(-c2ccc(N(c3ccccc3)c3ccc(-c4ccc5c(c4)c4cc(-n6c7ccccc7c7cc(-c8ccccc8)ccc76)ccc4n5-c4ccc5c6ccccc6c6ccccc6c5c4)cc3)cc2)cc1.c1ccc(-c2ccc(N(c3ccccc3)c3ccc(-c4ccc5c(c4)c4cc(-n6c7ccccc7c7ccccc76)ccc4n5-c4ccc5c6ccccc6c6ccccc6c5c4)cc3)cc2)cc1. The molecule has 29 rings (SSSR count). The van der Waals surface area contributed by atoms with Crippen LogP contribution in [0.5, 0.6) is 0 Å². The standard InChI is InChI=1S/C72H47N3.C66H43N3/c1-4-16-48(17-5-1)50-28-34-55(35-29-50)73(54-20-8-3-9-21-54)56-36-30-51(31-37-56)53-33-42-71-67(45-53)68-47-58(74-69-27-15-14-26-64(69)66-44-52(32-41-70(66)74)49-18-6-2-7-19-49)39-43-72(68)75(71)57-38-40-63-61-24-11-10-22-59(61)60-23-12-13-25-62(60)65(63)46-57;1-3-15-44(16-4-1)45-27-32-49(33-28-45)67(48-17-5-2-6-18-48)50-34-29-46(30-35-50)47-31-39-65-61(41-47)62-43-52(68-63-25-13-11-23-58(63)59-24-12-14-26-64(59)68)37-40-66(62)69(65)51-36-38-57-55-21-8-7-19-53(55)54-20-9-10-22-56(54)60(57)42-51/h1-47H;1-43H. The van der Waals surface area contributed by atoms with Crippen molar-refractivity contribution < 1.29 is 0 Å². The zero-order chi connectivity index (χ0) is 94.8. The zero-order valence-corrected chi connectivity index (χ0v) is 78.6. The van der Waals surface area contributed by atoms with E-state index >= 15 is 0 Å². The molecule has 0 aliphatic rings. The van der Waals surface area contributed by atoms with Crippen LogP contribution in [0.2, 0.25) is 0 Å². The summed E-state index contributed by atoms with van der Waals surface area (Å²) in [6.45, 7) is 0. The van der Waals surface area contributed by atoms with Crippen LogP contribution in [-0.4, -0.2) is 18.3 Å². The van der Waals surface area contributed by atoms with Gasteiger partial charge in [0.1, 0.15) is 0 Å². The fourth-order valence-corrected chi connectivity index (χ4v) is 23.1. The number of rotatable bonds is 15. The zero-order valence-electron chi connectivity index (χ0n) is 78.6. The van der Waals surface area contributed by atoms with Crippen molar-refractivity contribution in [2.75, 3.05) is 9.80 Å². The molecule has 0 radical (unpaired) electrons. The Kier molecular flexibility index (Phi) is 19.9. The Morgan fingerprint density at radius 1 is 0.0972 bits per heavy atom. The highest BCUT2D eigenvalue weighted by atomic mass is 15.1. The maximum atomic E-state index is 2.48. The number of hydrogen-bond acceptors (Lipinski definition) is 2. The van der Waals surface area contributed by atoms with Crippen molar-refractivity contribution in [2.45, 2.75) is 0 Å². The first-order valence-electron chi connectivity index (χ1n) is 49.6. The van der Waals surface area contributed by atoms with Crippen molar-refractivity contribution in [2.24, 2.45) is 0 Å². The van der Waals surface area contributed by atoms with E-state index < -0.39 is 0 Å². The molecule has 29 aromatic rings. The maximum absolute atomic E-state index is 2.48. The summed E-state index contributed by atoms with van der Waals surface area (Å²) in [7, 11) is 0. The minimum atomic E-state index is 1.10. The number of anilines is 6. The molecule has 0 saturated heterocycles. The fraction of sp³-hybridized carbons (Fsp3) is 0. The van der Waals surface area contributed by atoms with Crippen molar-refractivity contribution in [1.29, 1.82) is 0 Å². The Morgan fingerprint density at radius 3 is 0.556 bits per heavy atom. The molecule has 0 saturated carbocycles. The Hall–Kier alpha value is -19.1. The highest BCUT2D eigenvalue weighted by Gasteiger charge is 2.25. The minimum absolute atomic E-state index is 1.10. The third kappa shape index (κ3) is 14.0. The van der Waals surface area contributed by atoms with E-state index in [2.05, 4.69) is 574 Å². The van der Waals surface area contributed by atoms with Crippen LogP contribution in [0.15, 0.2) is 546 Å². The predicted octanol–water partition coefficient (Wildman–Crippen LogP) is 38.0. The van der Waals surface area contributed by atoms with Gasteiger partial charge < -0.3 is 28.1 Å². The van der Waals surface area contributed by atoms with Gasteiger partial charge in [0.2, 0.25) is 0 Å². The van der Waals surface area contributed by atoms with Gasteiger partial charge in [0.25, 0.3) is 0 Å². The number of hydrogen-bond donors (Lipinski definition) is 0. The number of benzene rings is 25. The highest BCUT2D eigenvalue weighted by Crippen LogP contribution is 2.48. The van der Waals surface area contributed by atoms with Crippen molar-refractivity contribution in [3.8, 4) is 78.4 Å². The molecule has 4 heterocycles. The van der Waals surface area contributed by atoms with E-state index in [0.717, 1.165) is 79.0 Å². The summed E-state index contributed by atoms with van der Waals surface area (Å²) in [6, 6.07) is 200. The summed E-state index contributed by atoms with van der Waals surface area (Å²) in [5.74, 6) is 0. The smallest absolute Gasteiger partial charge is 0.0542 e. The van der Waals surface area contributed by atoms with Gasteiger partial charge in [-0.2, -0.15) is 0 Å². The van der Waals surface area contributed by atoms with E-state index in [9.17, 15) is 0 Å². The molecule has 0 unspecified atom stereocenters. The first kappa shape index (κ1) is 83.1. The number of nitrogens with zero attached hydrogens (tertiary/aromatic N) is 6. The molecule has 672 valence electrons. The van der Waals surface area contributed by atoms with E-state index in [1.54, 1.807) is 0 Å². The lowest BCUT2D eigenvalue weighted by Gasteiger charge is -2.26. The lowest BCUT2D eigenvalue weighted by Crippen LogP contribution is -2.09. The lowest BCUT2D eigenvalue weighted by atomic mass is 9.94. The van der Waals surface area contributed by atoms with Crippen LogP contribution < -0.4 is 9.80 Å². The molecule has 144 heavy (non-hydrogen) atoms. The van der Waals surface area contributed by atoms with Gasteiger partial charge in [0, 0.05) is 100.0 Å². The summed E-state index contributed by atoms with van der Waals surface area (Å²) >= 11 is 0. The Morgan fingerprint density at radius 2 is 0.264 bits per heavy atom. The second-order valence-corrected chi connectivity index (χ2v) is 37.8. The van der Waals surface area contributed by atoms with Crippen LogP contribution in [0.1, 0.15) is 0 Å². The molecular weight excluding hydrogens is 1740 g/mol. The molecule has 0 spiro atoms. The molecule has 0 N–H and O–H groups in total. The summed E-state index contributed by atoms with van der Waals surface area (Å²) in [6.07, 6.45) is 0. The van der Waals surface area contributed by atoms with Crippen molar-refractivity contribution in [3.05, 3.63) is 546 Å². The van der Waals surface area contributed by atoms with E-state index in [1.165, 1.54) is 185 Å². The van der Waals surface area contributed by atoms with Crippen LogP contribution in [0, 0.1) is 0 Å². The monoisotopic (exact) mass is 1830 g/mol. The Labute approximate surface area is 832 Å². The first-order valence-corrected chi connectivity index (χ1v) is 49.6.